The van der Waals surface area contributed by atoms with Crippen molar-refractivity contribution in [1.29, 1.82) is 0 Å². The van der Waals surface area contributed by atoms with Crippen molar-refractivity contribution in [2.75, 3.05) is 26.9 Å². The molecule has 114 valence electrons. The molecule has 4 nitrogen and oxygen atoms in total. The minimum Gasteiger partial charge on any atom is -0.382 e. The molecule has 21 heavy (non-hydrogen) atoms. The van der Waals surface area contributed by atoms with Crippen LogP contribution in [0.2, 0.25) is 0 Å². The standard InChI is InChI=1S/C15H20BrN3OS/c1-18(2)8-9-19-14(13(16)10-17-19)15(20)11-4-6-12(21-3)7-5-11/h4-7,10,15,20H,8-9H2,1-3H3. The van der Waals surface area contributed by atoms with Crippen LogP contribution in [0.15, 0.2) is 39.8 Å². The number of thioether (sulfide) groups is 1. The largest absolute Gasteiger partial charge is 0.382 e. The van der Waals surface area contributed by atoms with Gasteiger partial charge in [0.05, 0.1) is 22.9 Å². The molecule has 0 amide bonds. The summed E-state index contributed by atoms with van der Waals surface area (Å²) < 4.78 is 2.69. The number of benzene rings is 1. The first-order chi connectivity index (χ1) is 10.0. The first kappa shape index (κ1) is 16.5. The summed E-state index contributed by atoms with van der Waals surface area (Å²) in [5.41, 5.74) is 1.67. The quantitative estimate of drug-likeness (QED) is 0.794. The van der Waals surface area contributed by atoms with Crippen molar-refractivity contribution in [3.05, 3.63) is 46.2 Å². The maximum absolute atomic E-state index is 10.7. The zero-order chi connectivity index (χ0) is 15.4. The summed E-state index contributed by atoms with van der Waals surface area (Å²) in [6.07, 6.45) is 3.10. The molecule has 1 unspecified atom stereocenters. The highest BCUT2D eigenvalue weighted by Gasteiger charge is 2.19. The molecule has 0 bridgehead atoms. The SMILES string of the molecule is CSc1ccc(C(O)c2c(Br)cnn2CCN(C)C)cc1. The van der Waals surface area contributed by atoms with E-state index in [4.69, 9.17) is 0 Å². The van der Waals surface area contributed by atoms with E-state index >= 15 is 0 Å². The van der Waals surface area contributed by atoms with Crippen LogP contribution in [0.4, 0.5) is 0 Å². The molecule has 2 aromatic rings. The zero-order valence-electron chi connectivity index (χ0n) is 12.5. The van der Waals surface area contributed by atoms with Crippen LogP contribution in [0.1, 0.15) is 17.4 Å². The summed E-state index contributed by atoms with van der Waals surface area (Å²) in [6.45, 7) is 1.62. The molecule has 1 aromatic heterocycles. The molecular weight excluding hydrogens is 350 g/mol. The van der Waals surface area contributed by atoms with Gasteiger partial charge >= 0.3 is 0 Å². The Hall–Kier alpha value is -0.820. The highest BCUT2D eigenvalue weighted by Crippen LogP contribution is 2.29. The first-order valence-corrected chi connectivity index (χ1v) is 8.72. The minimum atomic E-state index is -0.681. The Morgan fingerprint density at radius 1 is 1.33 bits per heavy atom. The monoisotopic (exact) mass is 369 g/mol. The number of aliphatic hydroxyl groups excluding tert-OH is 1. The molecule has 1 aromatic carbocycles. The van der Waals surface area contributed by atoms with Crippen molar-refractivity contribution in [1.82, 2.24) is 14.7 Å². The lowest BCUT2D eigenvalue weighted by molar-refractivity contribution is 0.204. The Morgan fingerprint density at radius 2 is 2.00 bits per heavy atom. The van der Waals surface area contributed by atoms with Gasteiger partial charge < -0.3 is 10.0 Å². The summed E-state index contributed by atoms with van der Waals surface area (Å²) in [7, 11) is 4.05. The average molecular weight is 370 g/mol. The molecule has 0 aliphatic rings. The highest BCUT2D eigenvalue weighted by atomic mass is 79.9. The van der Waals surface area contributed by atoms with Crippen molar-refractivity contribution in [3.8, 4) is 0 Å². The Labute approximate surface area is 138 Å². The number of aliphatic hydroxyl groups is 1. The van der Waals surface area contributed by atoms with Gasteiger partial charge in [-0.25, -0.2) is 0 Å². The molecule has 0 radical (unpaired) electrons. The maximum atomic E-state index is 10.7. The lowest BCUT2D eigenvalue weighted by Crippen LogP contribution is -2.21. The van der Waals surface area contributed by atoms with Crippen molar-refractivity contribution in [3.63, 3.8) is 0 Å². The van der Waals surface area contributed by atoms with Crippen LogP contribution in [0, 0.1) is 0 Å². The maximum Gasteiger partial charge on any atom is 0.122 e. The fourth-order valence-corrected chi connectivity index (χ4v) is 2.98. The summed E-state index contributed by atoms with van der Waals surface area (Å²) in [5.74, 6) is 0. The minimum absolute atomic E-state index is 0.681. The van der Waals surface area contributed by atoms with E-state index in [0.29, 0.717) is 0 Å². The van der Waals surface area contributed by atoms with E-state index in [9.17, 15) is 5.11 Å². The van der Waals surface area contributed by atoms with E-state index in [1.807, 2.05) is 49.3 Å². The summed E-state index contributed by atoms with van der Waals surface area (Å²) in [5, 5.41) is 15.0. The van der Waals surface area contributed by atoms with Gasteiger partial charge in [0.1, 0.15) is 6.10 Å². The predicted octanol–water partition coefficient (Wildman–Crippen LogP) is 3.01. The third kappa shape index (κ3) is 4.10. The van der Waals surface area contributed by atoms with Gasteiger partial charge in [0.25, 0.3) is 0 Å². The second kappa shape index (κ2) is 7.45. The number of hydrogen-bond donors (Lipinski definition) is 1. The van der Waals surface area contributed by atoms with Gasteiger partial charge in [-0.3, -0.25) is 4.68 Å². The Bertz CT molecular complexity index is 583. The number of hydrogen-bond acceptors (Lipinski definition) is 4. The average Bonchev–Trinajstić information content (AvgIpc) is 2.85. The third-order valence-electron chi connectivity index (χ3n) is 3.28. The van der Waals surface area contributed by atoms with E-state index in [2.05, 4.69) is 25.9 Å². The van der Waals surface area contributed by atoms with E-state index in [1.54, 1.807) is 18.0 Å². The summed E-state index contributed by atoms with van der Waals surface area (Å²) in [6, 6.07) is 7.98. The molecule has 6 heteroatoms. The van der Waals surface area contributed by atoms with Crippen LogP contribution in [-0.2, 0) is 6.54 Å². The predicted molar refractivity (Wildman–Crippen MR) is 90.8 cm³/mol. The van der Waals surface area contributed by atoms with Crippen LogP contribution in [0.25, 0.3) is 0 Å². The molecule has 1 N–H and O–H groups in total. The Morgan fingerprint density at radius 3 is 2.57 bits per heavy atom. The number of halogens is 1. The van der Waals surface area contributed by atoms with Crippen LogP contribution >= 0.6 is 27.7 Å². The molecule has 1 atom stereocenters. The number of likely N-dealkylation sites (N-methyl/N-ethyl adjacent to an activating group) is 1. The van der Waals surface area contributed by atoms with E-state index < -0.39 is 6.10 Å². The van der Waals surface area contributed by atoms with Gasteiger partial charge in [-0.2, -0.15) is 5.10 Å². The molecular formula is C15H20BrN3OS. The Kier molecular flexibility index (Phi) is 5.87. The molecule has 0 spiro atoms. The third-order valence-corrected chi connectivity index (χ3v) is 4.64. The summed E-state index contributed by atoms with van der Waals surface area (Å²) in [4.78, 5) is 3.28. The van der Waals surface area contributed by atoms with Crippen LogP contribution in [0.5, 0.6) is 0 Å². The zero-order valence-corrected chi connectivity index (χ0v) is 14.9. The van der Waals surface area contributed by atoms with Crippen molar-refractivity contribution < 1.29 is 5.11 Å². The Balaban J connectivity index is 2.24. The molecule has 0 saturated heterocycles. The van der Waals surface area contributed by atoms with E-state index in [-0.39, 0.29) is 0 Å². The van der Waals surface area contributed by atoms with E-state index in [1.165, 1.54) is 4.90 Å². The molecule has 0 fully saturated rings. The molecule has 0 saturated carbocycles. The topological polar surface area (TPSA) is 41.3 Å². The lowest BCUT2D eigenvalue weighted by atomic mass is 10.1. The molecule has 0 aliphatic carbocycles. The van der Waals surface area contributed by atoms with Crippen molar-refractivity contribution >= 4 is 27.7 Å². The molecule has 1 heterocycles. The van der Waals surface area contributed by atoms with Gasteiger partial charge in [0.2, 0.25) is 0 Å². The second-order valence-corrected chi connectivity index (χ2v) is 6.81. The van der Waals surface area contributed by atoms with Crippen molar-refractivity contribution in [2.45, 2.75) is 17.5 Å². The first-order valence-electron chi connectivity index (χ1n) is 6.71. The van der Waals surface area contributed by atoms with Gasteiger partial charge in [-0.15, -0.1) is 11.8 Å². The highest BCUT2D eigenvalue weighted by molar-refractivity contribution is 9.10. The van der Waals surface area contributed by atoms with Crippen LogP contribution < -0.4 is 0 Å². The van der Waals surface area contributed by atoms with Gasteiger partial charge in [-0.05, 0) is 54.0 Å². The van der Waals surface area contributed by atoms with Gasteiger partial charge in [0, 0.05) is 11.4 Å². The molecule has 0 aliphatic heterocycles. The number of aromatic nitrogens is 2. The van der Waals surface area contributed by atoms with Crippen LogP contribution in [0.3, 0.4) is 0 Å². The smallest absolute Gasteiger partial charge is 0.122 e. The molecule has 2 rings (SSSR count). The number of rotatable bonds is 6. The fourth-order valence-electron chi connectivity index (χ4n) is 2.06. The van der Waals surface area contributed by atoms with Gasteiger partial charge in [-0.1, -0.05) is 12.1 Å². The summed E-state index contributed by atoms with van der Waals surface area (Å²) >= 11 is 5.18. The van der Waals surface area contributed by atoms with Gasteiger partial charge in [0.15, 0.2) is 0 Å². The fraction of sp³-hybridized carbons (Fsp3) is 0.400. The van der Waals surface area contributed by atoms with Crippen LogP contribution in [-0.4, -0.2) is 46.7 Å². The van der Waals surface area contributed by atoms with E-state index in [0.717, 1.165) is 28.8 Å². The normalized spacial score (nSPS) is 12.9. The van der Waals surface area contributed by atoms with Crippen molar-refractivity contribution in [2.24, 2.45) is 0 Å². The second-order valence-electron chi connectivity index (χ2n) is 5.08. The number of nitrogens with zero attached hydrogens (tertiary/aromatic N) is 3. The lowest BCUT2D eigenvalue weighted by Gasteiger charge is -2.16.